The summed E-state index contributed by atoms with van der Waals surface area (Å²) in [5.74, 6) is -0.185. The van der Waals surface area contributed by atoms with Crippen LogP contribution < -0.4 is 0 Å². The van der Waals surface area contributed by atoms with Crippen LogP contribution in [0.5, 0.6) is 0 Å². The van der Waals surface area contributed by atoms with Crippen molar-refractivity contribution in [3.63, 3.8) is 0 Å². The molecule has 0 fully saturated rings. The van der Waals surface area contributed by atoms with Crippen molar-refractivity contribution in [2.45, 2.75) is 31.6 Å². The molecule has 154 valence electrons. The van der Waals surface area contributed by atoms with Crippen LogP contribution >= 0.6 is 0 Å². The minimum Gasteiger partial charge on any atom is -0.246 e. The zero-order valence-corrected chi connectivity index (χ0v) is 16.4. The quantitative estimate of drug-likeness (QED) is 0.562. The molecule has 0 saturated heterocycles. The monoisotopic (exact) mass is 427 g/mol. The Bertz CT molecular complexity index is 1140. The second kappa shape index (κ2) is 7.58. The van der Waals surface area contributed by atoms with Crippen molar-refractivity contribution in [2.24, 2.45) is 0 Å². The molecular weight excluding hydrogens is 410 g/mol. The zero-order valence-electron chi connectivity index (χ0n) is 15.5. The van der Waals surface area contributed by atoms with Crippen molar-refractivity contribution in [2.75, 3.05) is 5.75 Å². The summed E-state index contributed by atoms with van der Waals surface area (Å²) in [6.07, 6.45) is -4.45. The van der Waals surface area contributed by atoms with E-state index in [1.165, 1.54) is 41.9 Å². The van der Waals surface area contributed by atoms with Crippen molar-refractivity contribution in [3.05, 3.63) is 59.3 Å². The van der Waals surface area contributed by atoms with Gasteiger partial charge >= 0.3 is 6.18 Å². The maximum absolute atomic E-state index is 13.0. The SMILES string of the molecule is CCS(=O)(=O)c1cc(CF)ccc1-n1nnc(-c2ccc(C(F)(F)F)cc2)c1C. The fourth-order valence-electron chi connectivity index (χ4n) is 2.86. The summed E-state index contributed by atoms with van der Waals surface area (Å²) in [4.78, 5) is -0.0814. The Morgan fingerprint density at radius 1 is 1.07 bits per heavy atom. The van der Waals surface area contributed by atoms with Crippen LogP contribution in [-0.4, -0.2) is 29.2 Å². The number of nitrogens with zero attached hydrogens (tertiary/aromatic N) is 3. The topological polar surface area (TPSA) is 64.8 Å². The molecule has 2 aromatic carbocycles. The van der Waals surface area contributed by atoms with Crippen molar-refractivity contribution in [3.8, 4) is 16.9 Å². The van der Waals surface area contributed by atoms with Crippen LogP contribution in [0.25, 0.3) is 16.9 Å². The first-order valence-electron chi connectivity index (χ1n) is 8.60. The number of halogens is 4. The molecule has 0 N–H and O–H groups in total. The summed E-state index contributed by atoms with van der Waals surface area (Å²) < 4.78 is 77.6. The van der Waals surface area contributed by atoms with Gasteiger partial charge in [-0.3, -0.25) is 0 Å². The average Bonchev–Trinajstić information content (AvgIpc) is 3.08. The Kier molecular flexibility index (Phi) is 5.48. The average molecular weight is 427 g/mol. The van der Waals surface area contributed by atoms with Gasteiger partial charge in [-0.1, -0.05) is 30.3 Å². The molecule has 0 unspecified atom stereocenters. The highest BCUT2D eigenvalue weighted by atomic mass is 32.2. The van der Waals surface area contributed by atoms with E-state index < -0.39 is 28.3 Å². The van der Waals surface area contributed by atoms with E-state index in [0.29, 0.717) is 17.0 Å². The predicted octanol–water partition coefficient (Wildman–Crippen LogP) is 4.52. The maximum atomic E-state index is 13.0. The molecule has 1 heterocycles. The van der Waals surface area contributed by atoms with Gasteiger partial charge < -0.3 is 0 Å². The Morgan fingerprint density at radius 3 is 2.28 bits per heavy atom. The van der Waals surface area contributed by atoms with E-state index in [4.69, 9.17) is 0 Å². The zero-order chi connectivity index (χ0) is 21.4. The lowest BCUT2D eigenvalue weighted by Gasteiger charge is -2.12. The van der Waals surface area contributed by atoms with Crippen LogP contribution in [0.2, 0.25) is 0 Å². The van der Waals surface area contributed by atoms with Gasteiger partial charge in [0.2, 0.25) is 0 Å². The van der Waals surface area contributed by atoms with Crippen molar-refractivity contribution in [1.82, 2.24) is 15.0 Å². The molecule has 0 radical (unpaired) electrons. The summed E-state index contributed by atoms with van der Waals surface area (Å²) in [6.45, 7) is 2.28. The van der Waals surface area contributed by atoms with Crippen LogP contribution in [0.15, 0.2) is 47.4 Å². The van der Waals surface area contributed by atoms with Gasteiger partial charge in [0.1, 0.15) is 12.4 Å². The third-order valence-corrected chi connectivity index (χ3v) is 6.26. The second-order valence-electron chi connectivity index (χ2n) is 6.35. The van der Waals surface area contributed by atoms with Crippen molar-refractivity contribution < 1.29 is 26.0 Å². The third-order valence-electron chi connectivity index (χ3n) is 4.50. The van der Waals surface area contributed by atoms with Crippen LogP contribution in [0.1, 0.15) is 23.7 Å². The molecule has 0 aliphatic carbocycles. The number of alkyl halides is 4. The van der Waals surface area contributed by atoms with Gasteiger partial charge in [0.25, 0.3) is 0 Å². The molecule has 0 atom stereocenters. The fraction of sp³-hybridized carbons (Fsp3) is 0.263. The molecule has 3 rings (SSSR count). The number of hydrogen-bond acceptors (Lipinski definition) is 4. The molecule has 0 bridgehead atoms. The number of aromatic nitrogens is 3. The van der Waals surface area contributed by atoms with Gasteiger partial charge in [-0.2, -0.15) is 13.2 Å². The summed E-state index contributed by atoms with van der Waals surface area (Å²) in [7, 11) is -3.68. The third kappa shape index (κ3) is 4.02. The molecule has 0 saturated carbocycles. The van der Waals surface area contributed by atoms with Crippen LogP contribution in [0, 0.1) is 6.92 Å². The Balaban J connectivity index is 2.11. The highest BCUT2D eigenvalue weighted by molar-refractivity contribution is 7.91. The van der Waals surface area contributed by atoms with E-state index in [1.54, 1.807) is 6.92 Å². The lowest BCUT2D eigenvalue weighted by Crippen LogP contribution is -2.11. The number of sulfone groups is 1. The van der Waals surface area contributed by atoms with Crippen LogP contribution in [0.4, 0.5) is 17.6 Å². The van der Waals surface area contributed by atoms with Crippen LogP contribution in [-0.2, 0) is 22.7 Å². The van der Waals surface area contributed by atoms with E-state index in [2.05, 4.69) is 10.3 Å². The van der Waals surface area contributed by atoms with Gasteiger partial charge in [0.05, 0.1) is 27.6 Å². The Morgan fingerprint density at radius 2 is 1.72 bits per heavy atom. The highest BCUT2D eigenvalue weighted by Gasteiger charge is 2.30. The molecule has 5 nitrogen and oxygen atoms in total. The van der Waals surface area contributed by atoms with E-state index in [1.807, 2.05) is 0 Å². The van der Waals surface area contributed by atoms with Gasteiger partial charge in [-0.05, 0) is 36.8 Å². The fourth-order valence-corrected chi connectivity index (χ4v) is 3.98. The Labute approximate surface area is 164 Å². The molecule has 3 aromatic rings. The molecule has 0 amide bonds. The number of hydrogen-bond donors (Lipinski definition) is 0. The van der Waals surface area contributed by atoms with Gasteiger partial charge in [-0.15, -0.1) is 5.10 Å². The van der Waals surface area contributed by atoms with Crippen molar-refractivity contribution >= 4 is 9.84 Å². The predicted molar refractivity (Wildman–Crippen MR) is 99.1 cm³/mol. The summed E-state index contributed by atoms with van der Waals surface area (Å²) in [6, 6.07) is 8.58. The second-order valence-corrected chi connectivity index (χ2v) is 8.60. The molecule has 10 heteroatoms. The molecule has 1 aromatic heterocycles. The first-order chi connectivity index (χ1) is 13.6. The van der Waals surface area contributed by atoms with E-state index in [0.717, 1.165) is 12.1 Å². The maximum Gasteiger partial charge on any atom is 0.416 e. The van der Waals surface area contributed by atoms with Gasteiger partial charge in [-0.25, -0.2) is 17.5 Å². The normalized spacial score (nSPS) is 12.3. The first-order valence-corrected chi connectivity index (χ1v) is 10.3. The molecule has 0 aliphatic rings. The highest BCUT2D eigenvalue weighted by Crippen LogP contribution is 2.32. The van der Waals surface area contributed by atoms with Crippen LogP contribution in [0.3, 0.4) is 0 Å². The largest absolute Gasteiger partial charge is 0.416 e. The van der Waals surface area contributed by atoms with Crippen molar-refractivity contribution in [1.29, 1.82) is 0 Å². The molecular formula is C19H17F4N3O2S. The summed E-state index contributed by atoms with van der Waals surface area (Å²) in [5.41, 5.74) is 0.777. The van der Waals surface area contributed by atoms with E-state index in [-0.39, 0.29) is 21.9 Å². The lowest BCUT2D eigenvalue weighted by atomic mass is 10.1. The minimum absolute atomic E-state index is 0.0814. The number of benzene rings is 2. The summed E-state index contributed by atoms with van der Waals surface area (Å²) in [5, 5.41) is 7.99. The smallest absolute Gasteiger partial charge is 0.246 e. The summed E-state index contributed by atoms with van der Waals surface area (Å²) >= 11 is 0. The molecule has 0 spiro atoms. The number of rotatable bonds is 5. The molecule has 29 heavy (non-hydrogen) atoms. The van der Waals surface area contributed by atoms with E-state index in [9.17, 15) is 26.0 Å². The van der Waals surface area contributed by atoms with Gasteiger partial charge in [0, 0.05) is 5.56 Å². The first kappa shape index (κ1) is 21.0. The minimum atomic E-state index is -4.45. The molecule has 0 aliphatic heterocycles. The van der Waals surface area contributed by atoms with Gasteiger partial charge in [0.15, 0.2) is 9.84 Å². The van der Waals surface area contributed by atoms with E-state index >= 15 is 0 Å². The standard InChI is InChI=1S/C19H17F4N3O2S/c1-3-29(27,28)17-10-13(11-20)4-9-16(17)26-12(2)18(24-25-26)14-5-7-15(8-6-14)19(21,22)23/h4-10H,3,11H2,1-2H3. The lowest BCUT2D eigenvalue weighted by molar-refractivity contribution is -0.137. The Hall–Kier alpha value is -2.75.